The molecule has 1 aliphatic carbocycles. The largest absolute Gasteiger partial charge is 0.478 e. The molecule has 0 bridgehead atoms. The number of hydrogen-bond acceptors (Lipinski definition) is 5. The van der Waals surface area contributed by atoms with Crippen LogP contribution in [-0.4, -0.2) is 39.1 Å². The Morgan fingerprint density at radius 1 is 0.690 bits per heavy atom. The number of carbonyl (C=O) groups is 4. The van der Waals surface area contributed by atoms with Gasteiger partial charge in [-0.3, -0.25) is 4.79 Å². The minimum absolute atomic E-state index is 0.0821. The zero-order valence-electron chi connectivity index (χ0n) is 22.3. The molecule has 0 radical (unpaired) electrons. The molecule has 0 spiro atoms. The lowest BCUT2D eigenvalue weighted by atomic mass is 9.76. The summed E-state index contributed by atoms with van der Waals surface area (Å²) in [5.41, 5.74) is 0.509. The average molecular weight is 566 g/mol. The zero-order valence-corrected chi connectivity index (χ0v) is 22.3. The number of carboxylic acids is 3. The van der Waals surface area contributed by atoms with Crippen LogP contribution in [0.4, 0.5) is 0 Å². The standard InChI is InChI=1S/C33H27NO8/c35-30(25-17-27(32(38)39)28(33(40)41)18-26(25)31(36)37)34-29-21(14-13-20-8-4-5-12-24(20)29)15-19-7-6-11-23(16-19)42-22-9-2-1-3-10-22/h1-12,16-18,21,29H,13-15H2,(H,34,35)(H,36,37)(H,38,39)(H,40,41). The van der Waals surface area contributed by atoms with Gasteiger partial charge in [-0.05, 0) is 78.3 Å². The summed E-state index contributed by atoms with van der Waals surface area (Å²) < 4.78 is 5.99. The fourth-order valence-electron chi connectivity index (χ4n) is 5.44. The van der Waals surface area contributed by atoms with Crippen molar-refractivity contribution in [1.29, 1.82) is 0 Å². The summed E-state index contributed by atoms with van der Waals surface area (Å²) in [6, 6.07) is 25.8. The second-order valence-corrected chi connectivity index (χ2v) is 10.1. The van der Waals surface area contributed by atoms with Crippen molar-refractivity contribution in [3.05, 3.63) is 130 Å². The SMILES string of the molecule is O=C(O)c1cc(C(=O)O)c(C(=O)NC2c3ccccc3CCC2Cc2cccc(Oc3ccccc3)c2)cc1C(=O)O. The topological polar surface area (TPSA) is 150 Å². The van der Waals surface area contributed by atoms with Gasteiger partial charge in [0.2, 0.25) is 0 Å². The van der Waals surface area contributed by atoms with E-state index in [-0.39, 0.29) is 5.92 Å². The van der Waals surface area contributed by atoms with Crippen molar-refractivity contribution in [3.8, 4) is 11.5 Å². The molecule has 1 amide bonds. The number of ether oxygens (including phenoxy) is 1. The number of carboxylic acid groups (broad SMARTS) is 3. The molecule has 0 saturated heterocycles. The minimum atomic E-state index is -1.61. The van der Waals surface area contributed by atoms with Gasteiger partial charge in [0.15, 0.2) is 0 Å². The van der Waals surface area contributed by atoms with Gasteiger partial charge < -0.3 is 25.4 Å². The van der Waals surface area contributed by atoms with E-state index < -0.39 is 52.1 Å². The minimum Gasteiger partial charge on any atom is -0.478 e. The van der Waals surface area contributed by atoms with Gasteiger partial charge in [0.05, 0.1) is 28.3 Å². The van der Waals surface area contributed by atoms with Gasteiger partial charge in [-0.25, -0.2) is 14.4 Å². The van der Waals surface area contributed by atoms with Crippen LogP contribution in [0.15, 0.2) is 91.0 Å². The molecule has 2 unspecified atom stereocenters. The predicted molar refractivity (Wildman–Crippen MR) is 152 cm³/mol. The smallest absolute Gasteiger partial charge is 0.336 e. The van der Waals surface area contributed by atoms with Crippen LogP contribution in [-0.2, 0) is 12.8 Å². The molecule has 0 aromatic heterocycles. The van der Waals surface area contributed by atoms with Crippen LogP contribution in [0.5, 0.6) is 11.5 Å². The van der Waals surface area contributed by atoms with Crippen LogP contribution in [0.3, 0.4) is 0 Å². The van der Waals surface area contributed by atoms with Gasteiger partial charge >= 0.3 is 17.9 Å². The molecule has 0 fully saturated rings. The van der Waals surface area contributed by atoms with E-state index >= 15 is 0 Å². The Morgan fingerprint density at radius 3 is 1.98 bits per heavy atom. The number of rotatable bonds is 9. The van der Waals surface area contributed by atoms with E-state index in [9.17, 15) is 34.5 Å². The van der Waals surface area contributed by atoms with Crippen molar-refractivity contribution >= 4 is 23.8 Å². The highest BCUT2D eigenvalue weighted by Gasteiger charge is 2.33. The van der Waals surface area contributed by atoms with Gasteiger partial charge in [0.1, 0.15) is 11.5 Å². The molecule has 2 atom stereocenters. The lowest BCUT2D eigenvalue weighted by Gasteiger charge is -2.34. The van der Waals surface area contributed by atoms with Crippen LogP contribution in [0, 0.1) is 5.92 Å². The second kappa shape index (κ2) is 12.0. The molecule has 9 nitrogen and oxygen atoms in total. The van der Waals surface area contributed by atoms with Crippen molar-refractivity contribution in [2.75, 3.05) is 0 Å². The summed E-state index contributed by atoms with van der Waals surface area (Å²) in [4.78, 5) is 49.0. The predicted octanol–water partition coefficient (Wildman–Crippen LogP) is 5.85. The van der Waals surface area contributed by atoms with Crippen LogP contribution in [0.2, 0.25) is 0 Å². The zero-order chi connectivity index (χ0) is 29.8. The maximum atomic E-state index is 13.6. The van der Waals surface area contributed by atoms with Crippen LogP contribution in [0.1, 0.15) is 70.6 Å². The first-order chi connectivity index (χ1) is 20.2. The molecule has 1 aliphatic rings. The fourth-order valence-corrected chi connectivity index (χ4v) is 5.44. The maximum Gasteiger partial charge on any atom is 0.336 e. The van der Waals surface area contributed by atoms with Crippen molar-refractivity contribution in [1.82, 2.24) is 5.32 Å². The first-order valence-electron chi connectivity index (χ1n) is 13.3. The summed E-state index contributed by atoms with van der Waals surface area (Å²) in [7, 11) is 0. The quantitative estimate of drug-likeness (QED) is 0.197. The number of carbonyl (C=O) groups excluding carboxylic acids is 1. The highest BCUT2D eigenvalue weighted by molar-refractivity contribution is 6.10. The third-order valence-corrected chi connectivity index (χ3v) is 7.40. The molecule has 0 saturated carbocycles. The Morgan fingerprint density at radius 2 is 1.29 bits per heavy atom. The van der Waals surface area contributed by atoms with Crippen molar-refractivity contribution in [2.24, 2.45) is 5.92 Å². The van der Waals surface area contributed by atoms with E-state index in [1.807, 2.05) is 78.9 Å². The molecular weight excluding hydrogens is 538 g/mol. The molecule has 9 heteroatoms. The fraction of sp³-hybridized carbons (Fsp3) is 0.152. The lowest BCUT2D eigenvalue weighted by molar-refractivity contribution is 0.0648. The normalized spacial score (nSPS) is 15.7. The molecule has 42 heavy (non-hydrogen) atoms. The van der Waals surface area contributed by atoms with E-state index in [2.05, 4.69) is 5.32 Å². The number of nitrogens with one attached hydrogen (secondary N) is 1. The Labute approximate surface area is 241 Å². The van der Waals surface area contributed by atoms with Crippen LogP contribution < -0.4 is 10.1 Å². The molecule has 212 valence electrons. The first-order valence-corrected chi connectivity index (χ1v) is 13.3. The van der Waals surface area contributed by atoms with Gasteiger partial charge in [-0.15, -0.1) is 0 Å². The Bertz CT molecular complexity index is 1680. The summed E-state index contributed by atoms with van der Waals surface area (Å²) in [5.74, 6) is -4.26. The van der Waals surface area contributed by atoms with Gasteiger partial charge in [-0.1, -0.05) is 54.6 Å². The number of aryl methyl sites for hydroxylation is 1. The van der Waals surface area contributed by atoms with Gasteiger partial charge in [-0.2, -0.15) is 0 Å². The highest BCUT2D eigenvalue weighted by Crippen LogP contribution is 2.37. The molecule has 5 rings (SSSR count). The maximum absolute atomic E-state index is 13.6. The average Bonchev–Trinajstić information content (AvgIpc) is 2.98. The Kier molecular flexibility index (Phi) is 8.01. The first kappa shape index (κ1) is 28.1. The molecular formula is C33H27NO8. The molecule has 4 aromatic rings. The van der Waals surface area contributed by atoms with E-state index in [0.717, 1.165) is 35.6 Å². The van der Waals surface area contributed by atoms with Gasteiger partial charge in [0, 0.05) is 0 Å². The molecule has 4 aromatic carbocycles. The summed E-state index contributed by atoms with van der Waals surface area (Å²) in [5, 5.41) is 31.7. The lowest BCUT2D eigenvalue weighted by Crippen LogP contribution is -2.38. The molecule has 0 aliphatic heterocycles. The monoisotopic (exact) mass is 565 g/mol. The van der Waals surface area contributed by atoms with Gasteiger partial charge in [0.25, 0.3) is 5.91 Å². The summed E-state index contributed by atoms with van der Waals surface area (Å²) >= 11 is 0. The molecule has 0 heterocycles. The number of amides is 1. The third-order valence-electron chi connectivity index (χ3n) is 7.40. The second-order valence-electron chi connectivity index (χ2n) is 10.1. The van der Waals surface area contributed by atoms with Crippen LogP contribution >= 0.6 is 0 Å². The van der Waals surface area contributed by atoms with Crippen molar-refractivity contribution < 1.29 is 39.2 Å². The van der Waals surface area contributed by atoms with Crippen molar-refractivity contribution in [3.63, 3.8) is 0 Å². The van der Waals surface area contributed by atoms with E-state index in [1.54, 1.807) is 0 Å². The number of benzene rings is 4. The summed E-state index contributed by atoms with van der Waals surface area (Å²) in [6.07, 6.45) is 2.09. The van der Waals surface area contributed by atoms with E-state index in [0.29, 0.717) is 24.0 Å². The number of hydrogen-bond donors (Lipinski definition) is 4. The van der Waals surface area contributed by atoms with E-state index in [4.69, 9.17) is 4.74 Å². The van der Waals surface area contributed by atoms with Crippen LogP contribution in [0.25, 0.3) is 0 Å². The Hall–Kier alpha value is -5.44. The highest BCUT2D eigenvalue weighted by atomic mass is 16.5. The number of aromatic carboxylic acids is 3. The number of para-hydroxylation sites is 1. The third kappa shape index (κ3) is 6.00. The Balaban J connectivity index is 1.47. The molecule has 4 N–H and O–H groups in total. The summed E-state index contributed by atoms with van der Waals surface area (Å²) in [6.45, 7) is 0. The van der Waals surface area contributed by atoms with Crippen molar-refractivity contribution in [2.45, 2.75) is 25.3 Å². The number of fused-ring (bicyclic) bond motifs is 1. The van der Waals surface area contributed by atoms with E-state index in [1.165, 1.54) is 0 Å².